The summed E-state index contributed by atoms with van der Waals surface area (Å²) >= 11 is 1.48. The lowest BCUT2D eigenvalue weighted by Crippen LogP contribution is -2.24. The maximum absolute atomic E-state index is 12.3. The molecule has 25 heavy (non-hydrogen) atoms. The lowest BCUT2D eigenvalue weighted by atomic mass is 10.1. The second kappa shape index (κ2) is 7.50. The summed E-state index contributed by atoms with van der Waals surface area (Å²) in [7, 11) is 0. The number of fused-ring (bicyclic) bond motifs is 1. The van der Waals surface area contributed by atoms with Crippen molar-refractivity contribution in [2.75, 3.05) is 26.4 Å². The van der Waals surface area contributed by atoms with Crippen LogP contribution in [0.3, 0.4) is 0 Å². The van der Waals surface area contributed by atoms with Crippen LogP contribution in [0.2, 0.25) is 0 Å². The second-order valence-electron chi connectivity index (χ2n) is 6.42. The number of thioether (sulfide) groups is 1. The third-order valence-electron chi connectivity index (χ3n) is 4.67. The predicted octanol–water partition coefficient (Wildman–Crippen LogP) is 3.61. The fraction of sp³-hybridized carbons (Fsp3) is 0.350. The van der Waals surface area contributed by atoms with Crippen molar-refractivity contribution in [3.05, 3.63) is 59.7 Å². The van der Waals surface area contributed by atoms with Crippen LogP contribution in [-0.2, 0) is 6.42 Å². The van der Waals surface area contributed by atoms with E-state index in [4.69, 9.17) is 9.47 Å². The number of nitrogens with zero attached hydrogens (tertiary/aromatic N) is 1. The number of carbonyl (C=O) groups is 1. The van der Waals surface area contributed by atoms with Gasteiger partial charge in [-0.15, -0.1) is 0 Å². The number of likely N-dealkylation sites (tertiary alicyclic amines) is 1. The smallest absolute Gasteiger partial charge is 0.231 e. The molecule has 0 aromatic heterocycles. The van der Waals surface area contributed by atoms with Crippen molar-refractivity contribution in [3.8, 4) is 11.5 Å². The van der Waals surface area contributed by atoms with Crippen LogP contribution in [0.25, 0.3) is 0 Å². The van der Waals surface area contributed by atoms with E-state index in [2.05, 4.69) is 17.0 Å². The minimum absolute atomic E-state index is 0.184. The molecule has 2 aromatic rings. The van der Waals surface area contributed by atoms with Crippen molar-refractivity contribution in [1.29, 1.82) is 0 Å². The zero-order valence-corrected chi connectivity index (χ0v) is 14.8. The molecule has 0 bridgehead atoms. The largest absolute Gasteiger partial charge is 0.454 e. The monoisotopic (exact) mass is 355 g/mol. The number of ether oxygens (including phenoxy) is 2. The minimum atomic E-state index is 0.184. The summed E-state index contributed by atoms with van der Waals surface area (Å²) in [5.41, 5.74) is 2.06. The van der Waals surface area contributed by atoms with E-state index in [0.29, 0.717) is 12.0 Å². The summed E-state index contributed by atoms with van der Waals surface area (Å²) in [6.07, 6.45) is 2.06. The molecule has 0 spiro atoms. The summed E-state index contributed by atoms with van der Waals surface area (Å²) in [4.78, 5) is 14.8. The molecule has 0 unspecified atom stereocenters. The standard InChI is InChI=1S/C20H21NO3S/c22-20(16-4-2-1-3-5-16)25-17-9-11-21(13-17)10-8-15-6-7-18-19(12-15)24-14-23-18/h1-7,12,17H,8-11,13-14H2/t17-/m0/s1. The van der Waals surface area contributed by atoms with E-state index in [1.165, 1.54) is 17.3 Å². The Balaban J connectivity index is 1.26. The molecule has 130 valence electrons. The summed E-state index contributed by atoms with van der Waals surface area (Å²) in [6, 6.07) is 15.7. The minimum Gasteiger partial charge on any atom is -0.454 e. The average Bonchev–Trinajstić information content (AvgIpc) is 3.29. The fourth-order valence-corrected chi connectivity index (χ4v) is 4.36. The molecule has 0 N–H and O–H groups in total. The molecule has 0 radical (unpaired) electrons. The van der Waals surface area contributed by atoms with Crippen LogP contribution in [0.5, 0.6) is 11.5 Å². The first-order chi connectivity index (χ1) is 12.3. The maximum Gasteiger partial charge on any atom is 0.231 e. The quantitative estimate of drug-likeness (QED) is 0.819. The van der Waals surface area contributed by atoms with Crippen LogP contribution >= 0.6 is 11.8 Å². The molecular weight excluding hydrogens is 334 g/mol. The van der Waals surface area contributed by atoms with Crippen LogP contribution in [0, 0.1) is 0 Å². The Kier molecular flexibility index (Phi) is 4.95. The Bertz CT molecular complexity index is 750. The summed E-state index contributed by atoms with van der Waals surface area (Å²) < 4.78 is 10.8. The third-order valence-corrected chi connectivity index (χ3v) is 5.83. The van der Waals surface area contributed by atoms with E-state index in [1.54, 1.807) is 0 Å². The Morgan fingerprint density at radius 1 is 1.12 bits per heavy atom. The van der Waals surface area contributed by atoms with Gasteiger partial charge in [-0.1, -0.05) is 48.2 Å². The molecule has 0 amide bonds. The number of carbonyl (C=O) groups excluding carboxylic acids is 1. The zero-order chi connectivity index (χ0) is 17.1. The SMILES string of the molecule is O=C(S[C@H]1CCN(CCc2ccc3c(c2)OCO3)C1)c1ccccc1. The maximum atomic E-state index is 12.3. The van der Waals surface area contributed by atoms with E-state index < -0.39 is 0 Å². The van der Waals surface area contributed by atoms with Gasteiger partial charge in [0, 0.05) is 23.9 Å². The predicted molar refractivity (Wildman–Crippen MR) is 99.5 cm³/mol. The van der Waals surface area contributed by atoms with Crippen LogP contribution in [0.15, 0.2) is 48.5 Å². The highest BCUT2D eigenvalue weighted by molar-refractivity contribution is 8.14. The number of hydrogen-bond donors (Lipinski definition) is 0. The van der Waals surface area contributed by atoms with Gasteiger partial charge in [0.25, 0.3) is 0 Å². The average molecular weight is 355 g/mol. The van der Waals surface area contributed by atoms with E-state index in [1.807, 2.05) is 36.4 Å². The Hall–Kier alpha value is -1.98. The van der Waals surface area contributed by atoms with Gasteiger partial charge in [0.2, 0.25) is 11.9 Å². The van der Waals surface area contributed by atoms with E-state index >= 15 is 0 Å². The van der Waals surface area contributed by atoms with Crippen LogP contribution < -0.4 is 9.47 Å². The van der Waals surface area contributed by atoms with Gasteiger partial charge < -0.3 is 14.4 Å². The van der Waals surface area contributed by atoms with Crippen molar-refractivity contribution in [2.45, 2.75) is 18.1 Å². The molecule has 2 heterocycles. The summed E-state index contributed by atoms with van der Waals surface area (Å²) in [5, 5.41) is 0.577. The van der Waals surface area contributed by atoms with Crippen molar-refractivity contribution in [2.24, 2.45) is 0 Å². The Morgan fingerprint density at radius 3 is 2.84 bits per heavy atom. The molecule has 4 nitrogen and oxygen atoms in total. The van der Waals surface area contributed by atoms with Crippen molar-refractivity contribution >= 4 is 16.9 Å². The van der Waals surface area contributed by atoms with E-state index in [-0.39, 0.29) is 5.12 Å². The topological polar surface area (TPSA) is 38.8 Å². The highest BCUT2D eigenvalue weighted by Crippen LogP contribution is 2.33. The second-order valence-corrected chi connectivity index (χ2v) is 7.69. The first-order valence-corrected chi connectivity index (χ1v) is 9.53. The zero-order valence-electron chi connectivity index (χ0n) is 14.0. The molecule has 0 aliphatic carbocycles. The highest BCUT2D eigenvalue weighted by Gasteiger charge is 2.25. The Morgan fingerprint density at radius 2 is 1.96 bits per heavy atom. The molecule has 1 fully saturated rings. The molecule has 0 saturated carbocycles. The van der Waals surface area contributed by atoms with Gasteiger partial charge in [0.05, 0.1) is 0 Å². The molecule has 1 saturated heterocycles. The molecular formula is C20H21NO3S. The van der Waals surface area contributed by atoms with Crippen LogP contribution in [-0.4, -0.2) is 41.7 Å². The van der Waals surface area contributed by atoms with Gasteiger partial charge in [0.1, 0.15) is 0 Å². The van der Waals surface area contributed by atoms with Crippen molar-refractivity contribution in [1.82, 2.24) is 4.90 Å². The third kappa shape index (κ3) is 3.99. The summed E-state index contributed by atoms with van der Waals surface area (Å²) in [6.45, 7) is 3.37. The molecule has 1 atom stereocenters. The van der Waals surface area contributed by atoms with Gasteiger partial charge >= 0.3 is 0 Å². The van der Waals surface area contributed by atoms with Gasteiger partial charge in [-0.3, -0.25) is 4.79 Å². The molecule has 2 aliphatic heterocycles. The van der Waals surface area contributed by atoms with E-state index in [0.717, 1.165) is 49.5 Å². The highest BCUT2D eigenvalue weighted by atomic mass is 32.2. The first kappa shape index (κ1) is 16.5. The van der Waals surface area contributed by atoms with Crippen molar-refractivity contribution < 1.29 is 14.3 Å². The van der Waals surface area contributed by atoms with Crippen molar-refractivity contribution in [3.63, 3.8) is 0 Å². The number of hydrogen-bond acceptors (Lipinski definition) is 5. The van der Waals surface area contributed by atoms with Gasteiger partial charge in [-0.05, 0) is 37.1 Å². The van der Waals surface area contributed by atoms with Gasteiger partial charge in [-0.25, -0.2) is 0 Å². The van der Waals surface area contributed by atoms with Gasteiger partial charge in [-0.2, -0.15) is 0 Å². The lowest BCUT2D eigenvalue weighted by Gasteiger charge is -2.15. The molecule has 2 aromatic carbocycles. The molecule has 4 rings (SSSR count). The van der Waals surface area contributed by atoms with E-state index in [9.17, 15) is 4.79 Å². The Labute approximate surface area is 152 Å². The number of rotatable bonds is 5. The first-order valence-electron chi connectivity index (χ1n) is 8.65. The van der Waals surface area contributed by atoms with Gasteiger partial charge in [0.15, 0.2) is 11.5 Å². The van der Waals surface area contributed by atoms with Crippen LogP contribution in [0.4, 0.5) is 0 Å². The molecule has 2 aliphatic rings. The molecule has 5 heteroatoms. The lowest BCUT2D eigenvalue weighted by molar-refractivity contribution is 0.108. The summed E-state index contributed by atoms with van der Waals surface area (Å²) in [5.74, 6) is 1.68. The fourth-order valence-electron chi connectivity index (χ4n) is 3.27. The van der Waals surface area contributed by atoms with Crippen LogP contribution in [0.1, 0.15) is 22.3 Å². The normalized spacial score (nSPS) is 19.3. The number of benzene rings is 2.